The van der Waals surface area contributed by atoms with Crippen LogP contribution in [0.5, 0.6) is 11.5 Å². The summed E-state index contributed by atoms with van der Waals surface area (Å²) in [7, 11) is 1.56. The molecule has 1 amide bonds. The zero-order chi connectivity index (χ0) is 21.5. The molecule has 0 atom stereocenters. The highest BCUT2D eigenvalue weighted by Crippen LogP contribution is 2.29. The van der Waals surface area contributed by atoms with Gasteiger partial charge in [-0.2, -0.15) is 0 Å². The lowest BCUT2D eigenvalue weighted by atomic mass is 10.1. The van der Waals surface area contributed by atoms with Crippen LogP contribution >= 0.6 is 11.3 Å². The van der Waals surface area contributed by atoms with Gasteiger partial charge in [-0.3, -0.25) is 20.2 Å². The minimum Gasteiger partial charge on any atom is -0.493 e. The molecule has 3 rings (SSSR count). The summed E-state index contributed by atoms with van der Waals surface area (Å²) in [5, 5.41) is 15.7. The summed E-state index contributed by atoms with van der Waals surface area (Å²) in [4.78, 5) is 27.0. The molecule has 0 aliphatic rings. The number of hydrogen-bond donors (Lipinski definition) is 1. The van der Waals surface area contributed by atoms with E-state index in [1.807, 2.05) is 13.0 Å². The number of thiazole rings is 1. The molecule has 0 saturated heterocycles. The number of non-ortho nitro benzene ring substituents is 1. The van der Waals surface area contributed by atoms with Crippen LogP contribution in [0.2, 0.25) is 0 Å². The number of rotatable bonds is 8. The maximum absolute atomic E-state index is 12.2. The van der Waals surface area contributed by atoms with Gasteiger partial charge < -0.3 is 9.47 Å². The molecule has 1 aromatic heterocycles. The highest BCUT2D eigenvalue weighted by Gasteiger charge is 2.11. The second-order valence-electron chi connectivity index (χ2n) is 6.01. The first-order valence-electron chi connectivity index (χ1n) is 9.00. The van der Waals surface area contributed by atoms with Crippen molar-refractivity contribution in [3.8, 4) is 22.8 Å². The molecule has 3 aromatic rings. The number of anilines is 1. The number of hydrogen-bond acceptors (Lipinski definition) is 7. The highest BCUT2D eigenvalue weighted by molar-refractivity contribution is 7.14. The van der Waals surface area contributed by atoms with Gasteiger partial charge in [0.15, 0.2) is 16.6 Å². The van der Waals surface area contributed by atoms with Crippen molar-refractivity contribution in [2.45, 2.75) is 6.92 Å². The zero-order valence-electron chi connectivity index (χ0n) is 16.3. The number of ether oxygens (including phenoxy) is 2. The Morgan fingerprint density at radius 3 is 2.83 bits per heavy atom. The molecule has 8 nitrogen and oxygen atoms in total. The molecule has 0 spiro atoms. The first-order valence-corrected chi connectivity index (χ1v) is 9.88. The quantitative estimate of drug-likeness (QED) is 0.316. The van der Waals surface area contributed by atoms with Gasteiger partial charge in [-0.25, -0.2) is 4.98 Å². The van der Waals surface area contributed by atoms with Crippen molar-refractivity contribution in [3.63, 3.8) is 0 Å². The van der Waals surface area contributed by atoms with Crippen LogP contribution in [0.25, 0.3) is 17.3 Å². The SMILES string of the molecule is CCOc1ccc(C=CC(=O)Nc2nc(-c3cccc([N+](=O)[O-])c3)cs2)cc1OC. The number of methoxy groups -OCH3 is 1. The first-order chi connectivity index (χ1) is 14.5. The number of nitrogens with one attached hydrogen (secondary N) is 1. The number of carbonyl (C=O) groups is 1. The smallest absolute Gasteiger partial charge is 0.270 e. The minimum absolute atomic E-state index is 0.0141. The topological polar surface area (TPSA) is 104 Å². The van der Waals surface area contributed by atoms with Crippen LogP contribution < -0.4 is 14.8 Å². The molecular formula is C21H19N3O5S. The van der Waals surface area contributed by atoms with E-state index in [1.54, 1.807) is 42.8 Å². The number of nitro groups is 1. The molecule has 2 aromatic carbocycles. The third-order valence-electron chi connectivity index (χ3n) is 4.00. The summed E-state index contributed by atoms with van der Waals surface area (Å²) in [6.07, 6.45) is 3.05. The average Bonchev–Trinajstić information content (AvgIpc) is 3.21. The van der Waals surface area contributed by atoms with Gasteiger partial charge in [-0.1, -0.05) is 18.2 Å². The molecule has 0 fully saturated rings. The number of nitro benzene ring substituents is 1. The standard InChI is InChI=1S/C21H19N3O5S/c1-3-29-18-9-7-14(11-19(18)28-2)8-10-20(25)23-21-22-17(13-30-21)15-5-4-6-16(12-15)24(26)27/h4-13H,3H2,1-2H3,(H,22,23,25). The Morgan fingerprint density at radius 1 is 1.27 bits per heavy atom. The highest BCUT2D eigenvalue weighted by atomic mass is 32.1. The largest absolute Gasteiger partial charge is 0.493 e. The molecule has 0 radical (unpaired) electrons. The Kier molecular flexibility index (Phi) is 6.76. The summed E-state index contributed by atoms with van der Waals surface area (Å²) in [6.45, 7) is 2.42. The lowest BCUT2D eigenvalue weighted by Gasteiger charge is -2.09. The number of carbonyl (C=O) groups excluding carboxylic acids is 1. The third-order valence-corrected chi connectivity index (χ3v) is 4.76. The summed E-state index contributed by atoms with van der Waals surface area (Å²) < 4.78 is 10.8. The molecule has 9 heteroatoms. The molecule has 30 heavy (non-hydrogen) atoms. The predicted molar refractivity (Wildman–Crippen MR) is 116 cm³/mol. The lowest BCUT2D eigenvalue weighted by Crippen LogP contribution is -2.07. The van der Waals surface area contributed by atoms with Gasteiger partial charge in [-0.15, -0.1) is 11.3 Å². The summed E-state index contributed by atoms with van der Waals surface area (Å²) >= 11 is 1.24. The molecule has 0 unspecified atom stereocenters. The zero-order valence-corrected chi connectivity index (χ0v) is 17.1. The summed E-state index contributed by atoms with van der Waals surface area (Å²) in [5.41, 5.74) is 1.93. The van der Waals surface area contributed by atoms with Crippen molar-refractivity contribution in [1.29, 1.82) is 0 Å². The predicted octanol–water partition coefficient (Wildman–Crippen LogP) is 4.78. The fourth-order valence-corrected chi connectivity index (χ4v) is 3.35. The Bertz CT molecular complexity index is 1090. The van der Waals surface area contributed by atoms with E-state index in [9.17, 15) is 14.9 Å². The van der Waals surface area contributed by atoms with Crippen molar-refractivity contribution in [2.24, 2.45) is 0 Å². The van der Waals surface area contributed by atoms with Gasteiger partial charge in [-0.05, 0) is 30.7 Å². The number of benzene rings is 2. The van der Waals surface area contributed by atoms with Gasteiger partial charge in [0.05, 0.1) is 24.3 Å². The van der Waals surface area contributed by atoms with Crippen LogP contribution in [0.4, 0.5) is 10.8 Å². The first kappa shape index (κ1) is 21.0. The normalized spacial score (nSPS) is 10.7. The van der Waals surface area contributed by atoms with E-state index in [4.69, 9.17) is 9.47 Å². The van der Waals surface area contributed by atoms with E-state index < -0.39 is 4.92 Å². The second kappa shape index (κ2) is 9.66. The van der Waals surface area contributed by atoms with Crippen LogP contribution in [0, 0.1) is 10.1 Å². The molecule has 0 saturated carbocycles. The number of amides is 1. The summed E-state index contributed by atoms with van der Waals surface area (Å²) in [6, 6.07) is 11.6. The van der Waals surface area contributed by atoms with E-state index in [0.29, 0.717) is 34.5 Å². The molecule has 0 aliphatic carbocycles. The van der Waals surface area contributed by atoms with Crippen LogP contribution in [0.15, 0.2) is 53.9 Å². The second-order valence-corrected chi connectivity index (χ2v) is 6.87. The monoisotopic (exact) mass is 425 g/mol. The Hall–Kier alpha value is -3.72. The molecule has 1 heterocycles. The third kappa shape index (κ3) is 5.21. The molecule has 0 bridgehead atoms. The van der Waals surface area contributed by atoms with Gasteiger partial charge in [0.25, 0.3) is 5.69 Å². The maximum Gasteiger partial charge on any atom is 0.270 e. The fraction of sp³-hybridized carbons (Fsp3) is 0.143. The molecule has 154 valence electrons. The van der Waals surface area contributed by atoms with Crippen LogP contribution in [-0.4, -0.2) is 29.5 Å². The van der Waals surface area contributed by atoms with Crippen molar-refractivity contribution >= 4 is 34.1 Å². The van der Waals surface area contributed by atoms with Crippen LogP contribution in [-0.2, 0) is 4.79 Å². The van der Waals surface area contributed by atoms with Crippen LogP contribution in [0.1, 0.15) is 12.5 Å². The number of aromatic nitrogens is 1. The summed E-state index contributed by atoms with van der Waals surface area (Å²) in [5.74, 6) is 0.877. The Morgan fingerprint density at radius 2 is 2.10 bits per heavy atom. The molecule has 0 aliphatic heterocycles. The molecule has 1 N–H and O–H groups in total. The van der Waals surface area contributed by atoms with Gasteiger partial charge >= 0.3 is 0 Å². The van der Waals surface area contributed by atoms with E-state index in [1.165, 1.54) is 29.5 Å². The van der Waals surface area contributed by atoms with Gasteiger partial charge in [0.1, 0.15) is 0 Å². The van der Waals surface area contributed by atoms with E-state index in [-0.39, 0.29) is 11.6 Å². The lowest BCUT2D eigenvalue weighted by molar-refractivity contribution is -0.384. The van der Waals surface area contributed by atoms with Gasteiger partial charge in [0.2, 0.25) is 5.91 Å². The van der Waals surface area contributed by atoms with Crippen molar-refractivity contribution in [3.05, 3.63) is 69.6 Å². The number of nitrogens with zero attached hydrogens (tertiary/aromatic N) is 2. The fourth-order valence-electron chi connectivity index (χ4n) is 2.62. The van der Waals surface area contributed by atoms with E-state index in [0.717, 1.165) is 5.56 Å². The van der Waals surface area contributed by atoms with E-state index >= 15 is 0 Å². The van der Waals surface area contributed by atoms with Crippen molar-refractivity contribution in [2.75, 3.05) is 19.0 Å². The van der Waals surface area contributed by atoms with Crippen molar-refractivity contribution < 1.29 is 19.2 Å². The minimum atomic E-state index is -0.459. The average molecular weight is 425 g/mol. The van der Waals surface area contributed by atoms with Crippen molar-refractivity contribution in [1.82, 2.24) is 4.98 Å². The van der Waals surface area contributed by atoms with E-state index in [2.05, 4.69) is 10.3 Å². The Balaban J connectivity index is 1.67. The Labute approximate surface area is 176 Å². The van der Waals surface area contributed by atoms with Gasteiger partial charge in [0, 0.05) is 29.2 Å². The molecular weight excluding hydrogens is 406 g/mol. The van der Waals surface area contributed by atoms with Crippen LogP contribution in [0.3, 0.4) is 0 Å². The maximum atomic E-state index is 12.2.